The van der Waals surface area contributed by atoms with Crippen molar-refractivity contribution in [3.63, 3.8) is 0 Å². The van der Waals surface area contributed by atoms with Crippen LogP contribution >= 0.6 is 0 Å². The van der Waals surface area contributed by atoms with Crippen molar-refractivity contribution in [3.8, 4) is 0 Å². The Balaban J connectivity index is 4.16. The third-order valence-electron chi connectivity index (χ3n) is 1.58. The molecule has 0 aromatic rings. The second kappa shape index (κ2) is 7.75. The molecule has 0 aliphatic carbocycles. The summed E-state index contributed by atoms with van der Waals surface area (Å²) < 4.78 is 0. The van der Waals surface area contributed by atoms with Gasteiger partial charge in [-0.1, -0.05) is 18.2 Å². The summed E-state index contributed by atoms with van der Waals surface area (Å²) in [5, 5.41) is 19.5. The van der Waals surface area contributed by atoms with Crippen LogP contribution in [0.2, 0.25) is 0 Å². The van der Waals surface area contributed by atoms with Crippen molar-refractivity contribution in [1.82, 2.24) is 5.32 Å². The SMILES string of the molecule is CC=CC=CC(=O)N[C@@H](CCO)C(=O)O. The number of amides is 1. The lowest BCUT2D eigenvalue weighted by Crippen LogP contribution is -2.40. The minimum Gasteiger partial charge on any atom is -0.480 e. The maximum atomic E-state index is 11.1. The third-order valence-corrected chi connectivity index (χ3v) is 1.58. The van der Waals surface area contributed by atoms with E-state index >= 15 is 0 Å². The van der Waals surface area contributed by atoms with Gasteiger partial charge in [0.2, 0.25) is 5.91 Å². The number of hydrogen-bond donors (Lipinski definition) is 3. The molecule has 0 bridgehead atoms. The van der Waals surface area contributed by atoms with E-state index in [0.717, 1.165) is 0 Å². The fraction of sp³-hybridized carbons (Fsp3) is 0.400. The molecule has 15 heavy (non-hydrogen) atoms. The number of carboxylic acids is 1. The first-order valence-corrected chi connectivity index (χ1v) is 4.55. The Hall–Kier alpha value is -1.62. The van der Waals surface area contributed by atoms with Gasteiger partial charge >= 0.3 is 5.97 Å². The second-order valence-electron chi connectivity index (χ2n) is 2.80. The van der Waals surface area contributed by atoms with E-state index in [0.29, 0.717) is 0 Å². The Kier molecular flexibility index (Phi) is 6.92. The van der Waals surface area contributed by atoms with Crippen molar-refractivity contribution in [2.45, 2.75) is 19.4 Å². The maximum Gasteiger partial charge on any atom is 0.326 e. The maximum absolute atomic E-state index is 11.1. The summed E-state index contributed by atoms with van der Waals surface area (Å²) in [4.78, 5) is 21.7. The van der Waals surface area contributed by atoms with Gasteiger partial charge in [0.15, 0.2) is 0 Å². The molecular formula is C10H15NO4. The Morgan fingerprint density at radius 3 is 2.53 bits per heavy atom. The van der Waals surface area contributed by atoms with E-state index < -0.39 is 17.9 Å². The molecule has 5 nitrogen and oxygen atoms in total. The summed E-state index contributed by atoms with van der Waals surface area (Å²) >= 11 is 0. The molecule has 0 heterocycles. The van der Waals surface area contributed by atoms with Crippen molar-refractivity contribution in [2.24, 2.45) is 0 Å². The first kappa shape index (κ1) is 13.4. The molecule has 0 aliphatic heterocycles. The largest absolute Gasteiger partial charge is 0.480 e. The van der Waals surface area contributed by atoms with Gasteiger partial charge in [-0.05, 0) is 6.92 Å². The minimum absolute atomic E-state index is 0.00146. The Morgan fingerprint density at radius 2 is 2.07 bits per heavy atom. The number of nitrogens with one attached hydrogen (secondary N) is 1. The average molecular weight is 213 g/mol. The lowest BCUT2D eigenvalue weighted by Gasteiger charge is -2.10. The highest BCUT2D eigenvalue weighted by molar-refractivity contribution is 5.91. The summed E-state index contributed by atoms with van der Waals surface area (Å²) in [7, 11) is 0. The number of carbonyl (C=O) groups excluding carboxylic acids is 1. The molecule has 0 fully saturated rings. The van der Waals surface area contributed by atoms with Gasteiger partial charge in [0.05, 0.1) is 0 Å². The summed E-state index contributed by atoms with van der Waals surface area (Å²) in [6.07, 6.45) is 6.13. The van der Waals surface area contributed by atoms with E-state index in [1.165, 1.54) is 12.2 Å². The van der Waals surface area contributed by atoms with Gasteiger partial charge in [-0.3, -0.25) is 4.79 Å². The highest BCUT2D eigenvalue weighted by Gasteiger charge is 2.17. The number of aliphatic hydroxyl groups excluding tert-OH is 1. The zero-order chi connectivity index (χ0) is 11.7. The normalized spacial score (nSPS) is 13.2. The number of carboxylic acid groups (broad SMARTS) is 1. The Bertz CT molecular complexity index is 271. The Morgan fingerprint density at radius 1 is 1.40 bits per heavy atom. The summed E-state index contributed by atoms with van der Waals surface area (Å²) in [6, 6.07) is -1.04. The van der Waals surface area contributed by atoms with Gasteiger partial charge in [0, 0.05) is 19.1 Å². The van der Waals surface area contributed by atoms with Crippen LogP contribution in [0.1, 0.15) is 13.3 Å². The highest BCUT2D eigenvalue weighted by atomic mass is 16.4. The van der Waals surface area contributed by atoms with Gasteiger partial charge in [-0.15, -0.1) is 0 Å². The highest BCUT2D eigenvalue weighted by Crippen LogP contribution is 1.91. The van der Waals surface area contributed by atoms with Crippen LogP contribution in [-0.4, -0.2) is 34.7 Å². The van der Waals surface area contributed by atoms with E-state index in [1.807, 2.05) is 0 Å². The van der Waals surface area contributed by atoms with Crippen LogP contribution in [0.15, 0.2) is 24.3 Å². The van der Waals surface area contributed by atoms with E-state index in [1.54, 1.807) is 19.1 Å². The summed E-state index contributed by atoms with van der Waals surface area (Å²) in [5.41, 5.74) is 0. The van der Waals surface area contributed by atoms with Crippen LogP contribution in [0.5, 0.6) is 0 Å². The fourth-order valence-corrected chi connectivity index (χ4v) is 0.860. The van der Waals surface area contributed by atoms with Crippen molar-refractivity contribution in [3.05, 3.63) is 24.3 Å². The molecule has 1 atom stereocenters. The molecule has 0 aromatic carbocycles. The monoisotopic (exact) mass is 213 g/mol. The number of rotatable bonds is 6. The van der Waals surface area contributed by atoms with E-state index in [9.17, 15) is 9.59 Å². The molecule has 0 radical (unpaired) electrons. The molecule has 0 unspecified atom stereocenters. The van der Waals surface area contributed by atoms with Crippen LogP contribution in [0.25, 0.3) is 0 Å². The van der Waals surface area contributed by atoms with Crippen molar-refractivity contribution < 1.29 is 19.8 Å². The lowest BCUT2D eigenvalue weighted by atomic mass is 10.2. The Labute approximate surface area is 88.1 Å². The summed E-state index contributed by atoms with van der Waals surface area (Å²) in [5.74, 6) is -1.65. The molecule has 84 valence electrons. The van der Waals surface area contributed by atoms with Crippen molar-refractivity contribution in [2.75, 3.05) is 6.61 Å². The fourth-order valence-electron chi connectivity index (χ4n) is 0.860. The van der Waals surface area contributed by atoms with Gasteiger partial charge < -0.3 is 15.5 Å². The number of aliphatic carboxylic acids is 1. The van der Waals surface area contributed by atoms with Crippen molar-refractivity contribution >= 4 is 11.9 Å². The number of aliphatic hydroxyl groups is 1. The molecule has 1 amide bonds. The standard InChI is InChI=1S/C10H15NO4/c1-2-3-4-5-9(13)11-8(6-7-12)10(14)15/h2-5,8,12H,6-7H2,1H3,(H,11,13)(H,14,15)/t8-/m0/s1. The zero-order valence-corrected chi connectivity index (χ0v) is 8.51. The predicted octanol–water partition coefficient (Wildman–Crippen LogP) is 0.0705. The van der Waals surface area contributed by atoms with Gasteiger partial charge in [-0.2, -0.15) is 0 Å². The molecular weight excluding hydrogens is 198 g/mol. The molecule has 0 saturated heterocycles. The third kappa shape index (κ3) is 6.45. The zero-order valence-electron chi connectivity index (χ0n) is 8.51. The predicted molar refractivity (Wildman–Crippen MR) is 55.2 cm³/mol. The van der Waals surface area contributed by atoms with E-state index in [4.69, 9.17) is 10.2 Å². The molecule has 5 heteroatoms. The van der Waals surface area contributed by atoms with E-state index in [2.05, 4.69) is 5.32 Å². The van der Waals surface area contributed by atoms with Gasteiger partial charge in [-0.25, -0.2) is 4.79 Å². The molecule has 0 rings (SSSR count). The number of carbonyl (C=O) groups is 2. The first-order valence-electron chi connectivity index (χ1n) is 4.55. The second-order valence-corrected chi connectivity index (χ2v) is 2.80. The average Bonchev–Trinajstić information content (AvgIpc) is 2.17. The van der Waals surface area contributed by atoms with Crippen LogP contribution in [0, 0.1) is 0 Å². The van der Waals surface area contributed by atoms with E-state index in [-0.39, 0.29) is 13.0 Å². The van der Waals surface area contributed by atoms with Crippen LogP contribution in [0.3, 0.4) is 0 Å². The molecule has 0 aromatic heterocycles. The van der Waals surface area contributed by atoms with Gasteiger partial charge in [0.25, 0.3) is 0 Å². The quantitative estimate of drug-likeness (QED) is 0.430. The van der Waals surface area contributed by atoms with Crippen LogP contribution < -0.4 is 5.32 Å². The molecule has 0 spiro atoms. The summed E-state index contributed by atoms with van der Waals surface area (Å²) in [6.45, 7) is 1.52. The first-order chi connectivity index (χ1) is 7.11. The smallest absolute Gasteiger partial charge is 0.326 e. The number of hydrogen-bond acceptors (Lipinski definition) is 3. The van der Waals surface area contributed by atoms with Crippen LogP contribution in [-0.2, 0) is 9.59 Å². The number of allylic oxidation sites excluding steroid dienone is 3. The topological polar surface area (TPSA) is 86.6 Å². The molecule has 3 N–H and O–H groups in total. The molecule has 0 aliphatic rings. The van der Waals surface area contributed by atoms with Gasteiger partial charge in [0.1, 0.15) is 6.04 Å². The lowest BCUT2D eigenvalue weighted by molar-refractivity contribution is -0.141. The van der Waals surface area contributed by atoms with Crippen LogP contribution in [0.4, 0.5) is 0 Å². The minimum atomic E-state index is -1.16. The van der Waals surface area contributed by atoms with Crippen molar-refractivity contribution in [1.29, 1.82) is 0 Å². The molecule has 0 saturated carbocycles.